The fourth-order valence-corrected chi connectivity index (χ4v) is 5.84. The van der Waals surface area contributed by atoms with Gasteiger partial charge in [-0.2, -0.15) is 0 Å². The van der Waals surface area contributed by atoms with Gasteiger partial charge in [0.2, 0.25) is 0 Å². The van der Waals surface area contributed by atoms with Crippen LogP contribution in [-0.4, -0.2) is 28.9 Å². The molecule has 4 nitrogen and oxygen atoms in total. The van der Waals surface area contributed by atoms with E-state index < -0.39 is 0 Å². The van der Waals surface area contributed by atoms with Gasteiger partial charge in [0.1, 0.15) is 9.71 Å². The molecule has 3 heterocycles. The summed E-state index contributed by atoms with van der Waals surface area (Å²) in [7, 11) is 0. The number of pyridine rings is 1. The Morgan fingerprint density at radius 3 is 2.62 bits per heavy atom. The van der Waals surface area contributed by atoms with Gasteiger partial charge in [0.05, 0.1) is 5.69 Å². The van der Waals surface area contributed by atoms with Gasteiger partial charge in [-0.15, -0.1) is 11.3 Å². The highest BCUT2D eigenvalue weighted by Crippen LogP contribution is 2.39. The number of nitrogens with zero attached hydrogens (tertiary/aromatic N) is 2. The van der Waals surface area contributed by atoms with E-state index in [0.717, 1.165) is 55.4 Å². The molecule has 2 aromatic heterocycles. The van der Waals surface area contributed by atoms with Crippen LogP contribution < -0.4 is 5.73 Å². The molecule has 0 saturated carbocycles. The number of nitrogen functional groups attached to an aromatic ring is 1. The Morgan fingerprint density at radius 1 is 1.10 bits per heavy atom. The lowest BCUT2D eigenvalue weighted by atomic mass is 9.82. The van der Waals surface area contributed by atoms with Crippen LogP contribution in [-0.2, 0) is 12.8 Å². The summed E-state index contributed by atoms with van der Waals surface area (Å²) in [6, 6.07) is 12.9. The zero-order valence-corrected chi connectivity index (χ0v) is 17.5. The number of hydrogen-bond acceptors (Lipinski definition) is 4. The summed E-state index contributed by atoms with van der Waals surface area (Å²) >= 11 is 1.48. The lowest BCUT2D eigenvalue weighted by molar-refractivity contribution is 0.0767. The first kappa shape index (κ1) is 18.6. The number of aromatic nitrogens is 1. The third-order valence-electron chi connectivity index (χ3n) is 6.44. The van der Waals surface area contributed by atoms with E-state index in [-0.39, 0.29) is 5.91 Å². The standard InChI is InChI=1S/C24H27N3OS/c25-21-19-15-18-14-17(16-8-4-3-5-9-16)10-11-20(18)26-23(19)29-22(21)24(28)27-12-6-1-2-7-13-27/h3-5,8-9,15,17H,1-2,6-7,10-14,25H2. The minimum atomic E-state index is 0.0903. The number of carbonyl (C=O) groups excluding carboxylic acids is 1. The van der Waals surface area contributed by atoms with E-state index in [1.54, 1.807) is 0 Å². The maximum Gasteiger partial charge on any atom is 0.266 e. The average Bonchev–Trinajstić information content (AvgIpc) is 2.93. The molecule has 2 aliphatic rings. The van der Waals surface area contributed by atoms with E-state index in [4.69, 9.17) is 10.7 Å². The highest BCUT2D eigenvalue weighted by molar-refractivity contribution is 7.21. The Hall–Kier alpha value is -2.40. The maximum absolute atomic E-state index is 13.1. The number of amides is 1. The Balaban J connectivity index is 1.46. The molecule has 5 rings (SSSR count). The number of anilines is 1. The van der Waals surface area contributed by atoms with E-state index in [1.807, 2.05) is 4.90 Å². The van der Waals surface area contributed by atoms with Crippen molar-refractivity contribution in [1.82, 2.24) is 9.88 Å². The number of thiophene rings is 1. The number of rotatable bonds is 2. The third kappa shape index (κ3) is 3.52. The molecule has 0 spiro atoms. The number of nitrogens with two attached hydrogens (primary N) is 1. The van der Waals surface area contributed by atoms with Crippen LogP contribution in [0.1, 0.15) is 64.5 Å². The molecule has 0 radical (unpaired) electrons. The topological polar surface area (TPSA) is 59.2 Å². The fraction of sp³-hybridized carbons (Fsp3) is 0.417. The number of carbonyl (C=O) groups is 1. The molecule has 1 atom stereocenters. The van der Waals surface area contributed by atoms with Gasteiger partial charge in [0, 0.05) is 24.2 Å². The van der Waals surface area contributed by atoms with E-state index in [9.17, 15) is 4.79 Å². The molecule has 1 unspecified atom stereocenters. The minimum absolute atomic E-state index is 0.0903. The molecule has 150 valence electrons. The van der Waals surface area contributed by atoms with Gasteiger partial charge >= 0.3 is 0 Å². The monoisotopic (exact) mass is 405 g/mol. The molecule has 0 bridgehead atoms. The van der Waals surface area contributed by atoms with Crippen LogP contribution in [0.5, 0.6) is 0 Å². The number of hydrogen-bond donors (Lipinski definition) is 1. The first-order chi connectivity index (χ1) is 14.2. The molecule has 1 fully saturated rings. The summed E-state index contributed by atoms with van der Waals surface area (Å²) in [5.74, 6) is 0.619. The lowest BCUT2D eigenvalue weighted by Gasteiger charge is -2.24. The van der Waals surface area contributed by atoms with Crippen molar-refractivity contribution in [2.45, 2.75) is 50.9 Å². The van der Waals surface area contributed by atoms with Crippen molar-refractivity contribution in [2.75, 3.05) is 18.8 Å². The molecule has 1 aliphatic carbocycles. The van der Waals surface area contributed by atoms with E-state index in [2.05, 4.69) is 36.4 Å². The highest BCUT2D eigenvalue weighted by atomic mass is 32.1. The van der Waals surface area contributed by atoms with Crippen molar-refractivity contribution in [2.24, 2.45) is 0 Å². The van der Waals surface area contributed by atoms with Gasteiger partial charge < -0.3 is 10.6 Å². The highest BCUT2D eigenvalue weighted by Gasteiger charge is 2.26. The number of aryl methyl sites for hydroxylation is 1. The second kappa shape index (κ2) is 7.79. The van der Waals surface area contributed by atoms with E-state index in [0.29, 0.717) is 16.5 Å². The first-order valence-corrected chi connectivity index (χ1v) is 11.6. The fourth-order valence-electron chi connectivity index (χ4n) is 4.78. The average molecular weight is 406 g/mol. The summed E-state index contributed by atoms with van der Waals surface area (Å²) in [5.41, 5.74) is 11.0. The van der Waals surface area contributed by atoms with Gasteiger partial charge in [-0.25, -0.2) is 4.98 Å². The molecule has 29 heavy (non-hydrogen) atoms. The molecule has 1 amide bonds. The molecule has 1 aliphatic heterocycles. The van der Waals surface area contributed by atoms with Crippen molar-refractivity contribution >= 4 is 33.1 Å². The Bertz CT molecular complexity index is 1040. The van der Waals surface area contributed by atoms with E-state index >= 15 is 0 Å². The molecule has 5 heteroatoms. The summed E-state index contributed by atoms with van der Waals surface area (Å²) in [4.78, 5) is 21.6. The Kier molecular flexibility index (Phi) is 5.00. The summed E-state index contributed by atoms with van der Waals surface area (Å²) in [6.07, 6.45) is 7.69. The molecule has 2 N–H and O–H groups in total. The van der Waals surface area contributed by atoms with Crippen molar-refractivity contribution in [3.63, 3.8) is 0 Å². The van der Waals surface area contributed by atoms with Crippen LogP contribution in [0.3, 0.4) is 0 Å². The Morgan fingerprint density at radius 2 is 1.86 bits per heavy atom. The van der Waals surface area contributed by atoms with Crippen molar-refractivity contribution < 1.29 is 4.79 Å². The molecule has 3 aromatic rings. The maximum atomic E-state index is 13.1. The van der Waals surface area contributed by atoms with Crippen molar-refractivity contribution in [1.29, 1.82) is 0 Å². The van der Waals surface area contributed by atoms with Gasteiger partial charge in [-0.1, -0.05) is 43.2 Å². The van der Waals surface area contributed by atoms with Crippen LogP contribution in [0, 0.1) is 0 Å². The zero-order valence-electron chi connectivity index (χ0n) is 16.7. The SMILES string of the molecule is Nc1c(C(=O)N2CCCCCC2)sc2nc3c(cc12)CC(c1ccccc1)CC3. The quantitative estimate of drug-likeness (QED) is 0.640. The lowest BCUT2D eigenvalue weighted by Crippen LogP contribution is -2.31. The predicted octanol–water partition coefficient (Wildman–Crippen LogP) is 5.17. The van der Waals surface area contributed by atoms with Crippen LogP contribution in [0.25, 0.3) is 10.2 Å². The predicted molar refractivity (Wildman–Crippen MR) is 120 cm³/mol. The van der Waals surface area contributed by atoms with Gasteiger partial charge in [-0.05, 0) is 55.2 Å². The summed E-state index contributed by atoms with van der Waals surface area (Å²) < 4.78 is 0. The molecular formula is C24H27N3OS. The zero-order chi connectivity index (χ0) is 19.8. The number of fused-ring (bicyclic) bond motifs is 2. The van der Waals surface area contributed by atoms with Crippen LogP contribution in [0.2, 0.25) is 0 Å². The second-order valence-corrected chi connectivity index (χ2v) is 9.35. The molecule has 1 aromatic carbocycles. The normalized spacial score (nSPS) is 19.7. The largest absolute Gasteiger partial charge is 0.397 e. The Labute approximate surface area is 175 Å². The molecule has 1 saturated heterocycles. The minimum Gasteiger partial charge on any atom is -0.397 e. The molecular weight excluding hydrogens is 378 g/mol. The van der Waals surface area contributed by atoms with Crippen LogP contribution in [0.15, 0.2) is 36.4 Å². The second-order valence-electron chi connectivity index (χ2n) is 8.35. The number of likely N-dealkylation sites (tertiary alicyclic amines) is 1. The van der Waals surface area contributed by atoms with Crippen molar-refractivity contribution in [3.8, 4) is 0 Å². The van der Waals surface area contributed by atoms with Crippen LogP contribution >= 0.6 is 11.3 Å². The van der Waals surface area contributed by atoms with Crippen molar-refractivity contribution in [3.05, 3.63) is 58.1 Å². The summed E-state index contributed by atoms with van der Waals surface area (Å²) in [6.45, 7) is 1.68. The number of benzene rings is 1. The third-order valence-corrected chi connectivity index (χ3v) is 7.55. The smallest absolute Gasteiger partial charge is 0.266 e. The first-order valence-electron chi connectivity index (χ1n) is 10.8. The van der Waals surface area contributed by atoms with Gasteiger partial charge in [0.15, 0.2) is 0 Å². The van der Waals surface area contributed by atoms with Gasteiger partial charge in [0.25, 0.3) is 5.91 Å². The van der Waals surface area contributed by atoms with Crippen LogP contribution in [0.4, 0.5) is 5.69 Å². The van der Waals surface area contributed by atoms with Gasteiger partial charge in [-0.3, -0.25) is 4.79 Å². The summed E-state index contributed by atoms with van der Waals surface area (Å²) in [5, 5.41) is 0.959. The van der Waals surface area contributed by atoms with E-state index in [1.165, 1.54) is 41.0 Å².